The van der Waals surface area contributed by atoms with Gasteiger partial charge in [0.2, 0.25) is 0 Å². The predicted octanol–water partition coefficient (Wildman–Crippen LogP) is 4.98. The fourth-order valence-electron chi connectivity index (χ4n) is 2.53. The molecule has 0 saturated heterocycles. The van der Waals surface area contributed by atoms with Gasteiger partial charge in [-0.05, 0) is 60.3 Å². The lowest BCUT2D eigenvalue weighted by atomic mass is 10.1. The maximum absolute atomic E-state index is 12.4. The Balaban J connectivity index is 1.53. The summed E-state index contributed by atoms with van der Waals surface area (Å²) in [6.45, 7) is 1.46. The Morgan fingerprint density at radius 3 is 2.42 bits per heavy atom. The summed E-state index contributed by atoms with van der Waals surface area (Å²) in [5.74, 6) is -1.07. The van der Waals surface area contributed by atoms with Crippen LogP contribution in [0.4, 0.5) is 5.00 Å². The van der Waals surface area contributed by atoms with E-state index in [9.17, 15) is 14.4 Å². The van der Waals surface area contributed by atoms with Crippen molar-refractivity contribution in [2.24, 2.45) is 5.73 Å². The third kappa shape index (κ3) is 6.33. The average molecular weight is 475 g/mol. The number of primary amides is 1. The molecule has 0 spiro atoms. The molecule has 0 bridgehead atoms. The van der Waals surface area contributed by atoms with Crippen molar-refractivity contribution in [1.82, 2.24) is 0 Å². The standard InChI is InChI=1S/C22H19ClN2O4S2/c1-13(20(27)25-21-18(19(24)26)10-11-30-21)29-22(28)15-4-2-14(3-5-15)12-31-17-8-6-16(23)7-9-17/h2-11,13H,12H2,1H3,(H2,24,26)(H,25,27). The number of thiophene rings is 1. The summed E-state index contributed by atoms with van der Waals surface area (Å²) in [5, 5.41) is 5.22. The number of ether oxygens (including phenoxy) is 1. The first-order valence-electron chi connectivity index (χ1n) is 9.20. The van der Waals surface area contributed by atoms with E-state index < -0.39 is 23.9 Å². The number of thioether (sulfide) groups is 1. The van der Waals surface area contributed by atoms with Crippen molar-refractivity contribution in [3.8, 4) is 0 Å². The zero-order valence-corrected chi connectivity index (χ0v) is 18.9. The topological polar surface area (TPSA) is 98.5 Å². The number of nitrogens with one attached hydrogen (secondary N) is 1. The number of hydrogen-bond donors (Lipinski definition) is 2. The zero-order chi connectivity index (χ0) is 22.4. The van der Waals surface area contributed by atoms with Gasteiger partial charge in [-0.25, -0.2) is 4.79 Å². The number of nitrogens with two attached hydrogens (primary N) is 1. The number of hydrogen-bond acceptors (Lipinski definition) is 6. The fourth-order valence-corrected chi connectivity index (χ4v) is 4.31. The summed E-state index contributed by atoms with van der Waals surface area (Å²) in [7, 11) is 0. The number of carbonyl (C=O) groups excluding carboxylic acids is 3. The quantitative estimate of drug-likeness (QED) is 0.354. The van der Waals surface area contributed by atoms with Crippen molar-refractivity contribution in [2.45, 2.75) is 23.7 Å². The van der Waals surface area contributed by atoms with Gasteiger partial charge < -0.3 is 15.8 Å². The molecule has 160 valence electrons. The van der Waals surface area contributed by atoms with Crippen LogP contribution < -0.4 is 11.1 Å². The Morgan fingerprint density at radius 2 is 1.77 bits per heavy atom. The minimum atomic E-state index is -1.05. The maximum Gasteiger partial charge on any atom is 0.338 e. The molecule has 3 N–H and O–H groups in total. The average Bonchev–Trinajstić information content (AvgIpc) is 3.22. The van der Waals surface area contributed by atoms with E-state index in [1.807, 2.05) is 36.4 Å². The predicted molar refractivity (Wildman–Crippen MR) is 124 cm³/mol. The summed E-state index contributed by atoms with van der Waals surface area (Å²) in [6.07, 6.45) is -1.05. The number of carbonyl (C=O) groups is 3. The second-order valence-corrected chi connectivity index (χ2v) is 8.91. The lowest BCUT2D eigenvalue weighted by Crippen LogP contribution is -2.30. The van der Waals surface area contributed by atoms with Gasteiger partial charge in [0, 0.05) is 15.7 Å². The molecule has 0 aliphatic rings. The van der Waals surface area contributed by atoms with Crippen LogP contribution in [0.15, 0.2) is 64.9 Å². The molecule has 3 rings (SSSR count). The van der Waals surface area contributed by atoms with E-state index in [4.69, 9.17) is 22.1 Å². The van der Waals surface area contributed by atoms with Crippen LogP contribution >= 0.6 is 34.7 Å². The lowest BCUT2D eigenvalue weighted by molar-refractivity contribution is -0.123. The molecule has 2 aromatic carbocycles. The zero-order valence-electron chi connectivity index (χ0n) is 16.5. The van der Waals surface area contributed by atoms with Crippen LogP contribution in [-0.4, -0.2) is 23.9 Å². The Hall–Kier alpha value is -2.81. The molecule has 6 nitrogen and oxygen atoms in total. The van der Waals surface area contributed by atoms with Crippen LogP contribution in [0, 0.1) is 0 Å². The molecule has 1 unspecified atom stereocenters. The van der Waals surface area contributed by atoms with Crippen molar-refractivity contribution in [3.05, 3.63) is 81.7 Å². The Kier molecular flexibility index (Phi) is 7.73. The van der Waals surface area contributed by atoms with Crippen molar-refractivity contribution < 1.29 is 19.1 Å². The highest BCUT2D eigenvalue weighted by molar-refractivity contribution is 7.98. The highest BCUT2D eigenvalue weighted by Crippen LogP contribution is 2.25. The minimum absolute atomic E-state index is 0.212. The first-order chi connectivity index (χ1) is 14.8. The monoisotopic (exact) mass is 474 g/mol. The fraction of sp³-hybridized carbons (Fsp3) is 0.136. The van der Waals surface area contributed by atoms with Gasteiger partial charge in [-0.2, -0.15) is 0 Å². The second kappa shape index (κ2) is 10.5. The van der Waals surface area contributed by atoms with E-state index >= 15 is 0 Å². The Labute approximate surface area is 192 Å². The molecule has 0 aliphatic heterocycles. The van der Waals surface area contributed by atoms with Gasteiger partial charge in [0.25, 0.3) is 11.8 Å². The van der Waals surface area contributed by atoms with Gasteiger partial charge in [0.1, 0.15) is 5.00 Å². The number of amides is 2. The van der Waals surface area contributed by atoms with Gasteiger partial charge in [0.15, 0.2) is 6.10 Å². The van der Waals surface area contributed by atoms with Gasteiger partial charge in [0.05, 0.1) is 11.1 Å². The van der Waals surface area contributed by atoms with E-state index in [-0.39, 0.29) is 5.56 Å². The summed E-state index contributed by atoms with van der Waals surface area (Å²) in [5.41, 5.74) is 6.86. The van der Waals surface area contributed by atoms with Crippen LogP contribution in [0.5, 0.6) is 0 Å². The van der Waals surface area contributed by atoms with Gasteiger partial charge >= 0.3 is 5.97 Å². The van der Waals surface area contributed by atoms with E-state index in [0.29, 0.717) is 15.6 Å². The van der Waals surface area contributed by atoms with Crippen molar-refractivity contribution in [1.29, 1.82) is 0 Å². The first kappa shape index (κ1) is 22.9. The maximum atomic E-state index is 12.4. The number of benzene rings is 2. The SMILES string of the molecule is CC(OC(=O)c1ccc(CSc2ccc(Cl)cc2)cc1)C(=O)Nc1sccc1C(N)=O. The largest absolute Gasteiger partial charge is 0.449 e. The molecule has 0 fully saturated rings. The lowest BCUT2D eigenvalue weighted by Gasteiger charge is -2.13. The molecular weight excluding hydrogens is 456 g/mol. The summed E-state index contributed by atoms with van der Waals surface area (Å²) in [4.78, 5) is 37.1. The summed E-state index contributed by atoms with van der Waals surface area (Å²) in [6, 6.07) is 16.1. The van der Waals surface area contributed by atoms with Crippen LogP contribution in [0.3, 0.4) is 0 Å². The van der Waals surface area contributed by atoms with E-state index in [0.717, 1.165) is 27.5 Å². The van der Waals surface area contributed by atoms with Crippen molar-refractivity contribution in [2.75, 3.05) is 5.32 Å². The van der Waals surface area contributed by atoms with Crippen LogP contribution in [0.1, 0.15) is 33.2 Å². The van der Waals surface area contributed by atoms with Crippen LogP contribution in [-0.2, 0) is 15.3 Å². The minimum Gasteiger partial charge on any atom is -0.449 e. The Morgan fingerprint density at radius 1 is 1.10 bits per heavy atom. The second-order valence-electron chi connectivity index (χ2n) is 6.50. The molecule has 1 heterocycles. The summed E-state index contributed by atoms with van der Waals surface area (Å²) >= 11 is 8.71. The number of rotatable bonds is 8. The highest BCUT2D eigenvalue weighted by atomic mass is 35.5. The van der Waals surface area contributed by atoms with Gasteiger partial charge in [-0.1, -0.05) is 23.7 Å². The van der Waals surface area contributed by atoms with Crippen LogP contribution in [0.2, 0.25) is 5.02 Å². The molecule has 3 aromatic rings. The van der Waals surface area contributed by atoms with E-state index in [2.05, 4.69) is 5.32 Å². The molecule has 1 aromatic heterocycles. The van der Waals surface area contributed by atoms with E-state index in [1.54, 1.807) is 29.3 Å². The van der Waals surface area contributed by atoms with Crippen molar-refractivity contribution >= 4 is 57.5 Å². The number of halogens is 1. The highest BCUT2D eigenvalue weighted by Gasteiger charge is 2.21. The normalized spacial score (nSPS) is 11.5. The molecule has 2 amide bonds. The van der Waals surface area contributed by atoms with Gasteiger partial charge in [-0.15, -0.1) is 23.1 Å². The third-order valence-electron chi connectivity index (χ3n) is 4.23. The molecule has 1 atom stereocenters. The third-order valence-corrected chi connectivity index (χ3v) is 6.39. The molecular formula is C22H19ClN2O4S2. The molecule has 9 heteroatoms. The molecule has 31 heavy (non-hydrogen) atoms. The number of esters is 1. The molecule has 0 radical (unpaired) electrons. The molecule has 0 aliphatic carbocycles. The smallest absolute Gasteiger partial charge is 0.338 e. The van der Waals surface area contributed by atoms with Crippen molar-refractivity contribution in [3.63, 3.8) is 0 Å². The molecule has 0 saturated carbocycles. The van der Waals surface area contributed by atoms with E-state index in [1.165, 1.54) is 13.0 Å². The number of anilines is 1. The Bertz CT molecular complexity index is 1080. The van der Waals surface area contributed by atoms with Gasteiger partial charge in [-0.3, -0.25) is 9.59 Å². The summed E-state index contributed by atoms with van der Waals surface area (Å²) < 4.78 is 5.25. The van der Waals surface area contributed by atoms with Crippen LogP contribution in [0.25, 0.3) is 0 Å². The first-order valence-corrected chi connectivity index (χ1v) is 11.4.